The van der Waals surface area contributed by atoms with Crippen molar-refractivity contribution in [1.82, 2.24) is 15.5 Å². The lowest BCUT2D eigenvalue weighted by Gasteiger charge is -2.06. The number of nitrogens with zero attached hydrogens (tertiary/aromatic N) is 2. The number of amides is 1. The van der Waals surface area contributed by atoms with Gasteiger partial charge in [0.25, 0.3) is 5.91 Å². The summed E-state index contributed by atoms with van der Waals surface area (Å²) in [5.74, 6) is -0.429. The largest absolute Gasteiger partial charge is 0.381 e. The van der Waals surface area contributed by atoms with Gasteiger partial charge < -0.3 is 11.1 Å². The van der Waals surface area contributed by atoms with Crippen LogP contribution in [0.3, 0.4) is 0 Å². The van der Waals surface area contributed by atoms with Crippen LogP contribution >= 0.6 is 0 Å². The lowest BCUT2D eigenvalue weighted by atomic mass is 10.1. The summed E-state index contributed by atoms with van der Waals surface area (Å²) in [6.07, 6.45) is 3.22. The standard InChI is InChI=1S/C17H20FN5O/c1-11-6-7-12(9-14(11)18)17(24)21-8-4-2-3-5-15-13(10-19)16(20)23-22-15/h6-7,9H,2-5,8H2,1H3,(H,21,24)(H3,20,22,23). The van der Waals surface area contributed by atoms with Crippen LogP contribution in [0.15, 0.2) is 18.2 Å². The van der Waals surface area contributed by atoms with E-state index >= 15 is 0 Å². The third-order valence-electron chi connectivity index (χ3n) is 3.80. The zero-order chi connectivity index (χ0) is 17.5. The number of benzene rings is 1. The SMILES string of the molecule is Cc1ccc(C(=O)NCCCCCc2[nH]nc(N)c2C#N)cc1F. The minimum atomic E-state index is -0.380. The fourth-order valence-corrected chi connectivity index (χ4v) is 2.34. The van der Waals surface area contributed by atoms with Crippen LogP contribution in [0, 0.1) is 24.1 Å². The Morgan fingerprint density at radius 2 is 2.21 bits per heavy atom. The van der Waals surface area contributed by atoms with Gasteiger partial charge in [0.2, 0.25) is 0 Å². The monoisotopic (exact) mass is 329 g/mol. The highest BCUT2D eigenvalue weighted by molar-refractivity contribution is 5.94. The minimum absolute atomic E-state index is 0.227. The molecule has 0 saturated heterocycles. The number of nitrogens with one attached hydrogen (secondary N) is 2. The number of nitrogen functional groups attached to an aromatic ring is 1. The Morgan fingerprint density at radius 3 is 2.92 bits per heavy atom. The van der Waals surface area contributed by atoms with Crippen LogP contribution in [0.2, 0.25) is 0 Å². The van der Waals surface area contributed by atoms with Gasteiger partial charge in [0.15, 0.2) is 5.82 Å². The first kappa shape index (κ1) is 17.5. The molecule has 24 heavy (non-hydrogen) atoms. The van der Waals surface area contributed by atoms with Gasteiger partial charge in [0.1, 0.15) is 17.4 Å². The van der Waals surface area contributed by atoms with E-state index in [1.54, 1.807) is 19.1 Å². The second kappa shape index (κ2) is 8.11. The van der Waals surface area contributed by atoms with E-state index in [0.717, 1.165) is 25.0 Å². The number of rotatable bonds is 7. The summed E-state index contributed by atoms with van der Waals surface area (Å²) >= 11 is 0. The number of aromatic amines is 1. The molecule has 0 aliphatic rings. The van der Waals surface area contributed by atoms with Gasteiger partial charge >= 0.3 is 0 Å². The van der Waals surface area contributed by atoms with Crippen LogP contribution < -0.4 is 11.1 Å². The van der Waals surface area contributed by atoms with E-state index in [-0.39, 0.29) is 17.5 Å². The molecule has 2 aromatic rings. The molecule has 0 aliphatic carbocycles. The van der Waals surface area contributed by atoms with Crippen molar-refractivity contribution in [2.24, 2.45) is 0 Å². The number of carbonyl (C=O) groups excluding carboxylic acids is 1. The number of halogens is 1. The molecule has 1 aromatic carbocycles. The Morgan fingerprint density at radius 1 is 1.42 bits per heavy atom. The molecule has 0 fully saturated rings. The molecule has 6 nitrogen and oxygen atoms in total. The molecule has 126 valence electrons. The Hall–Kier alpha value is -2.88. The minimum Gasteiger partial charge on any atom is -0.381 e. The van der Waals surface area contributed by atoms with Crippen molar-refractivity contribution in [2.45, 2.75) is 32.6 Å². The Balaban J connectivity index is 1.68. The number of aromatic nitrogens is 2. The molecule has 0 bridgehead atoms. The second-order valence-corrected chi connectivity index (χ2v) is 5.60. The van der Waals surface area contributed by atoms with Gasteiger partial charge in [-0.05, 0) is 43.9 Å². The Kier molecular flexibility index (Phi) is 5.90. The zero-order valence-corrected chi connectivity index (χ0v) is 13.5. The van der Waals surface area contributed by atoms with Crippen molar-refractivity contribution >= 4 is 11.7 Å². The quantitative estimate of drug-likeness (QED) is 0.678. The number of anilines is 1. The first-order valence-electron chi connectivity index (χ1n) is 7.80. The Bertz CT molecular complexity index is 763. The number of nitrogens with two attached hydrogens (primary N) is 1. The van der Waals surface area contributed by atoms with E-state index in [0.29, 0.717) is 29.7 Å². The van der Waals surface area contributed by atoms with Crippen LogP contribution in [-0.2, 0) is 6.42 Å². The topological polar surface area (TPSA) is 108 Å². The normalized spacial score (nSPS) is 10.4. The summed E-state index contributed by atoms with van der Waals surface area (Å²) in [6, 6.07) is 6.48. The van der Waals surface area contributed by atoms with Crippen molar-refractivity contribution in [1.29, 1.82) is 5.26 Å². The summed E-state index contributed by atoms with van der Waals surface area (Å²) in [5, 5.41) is 18.3. The highest BCUT2D eigenvalue weighted by Gasteiger charge is 2.10. The zero-order valence-electron chi connectivity index (χ0n) is 13.5. The summed E-state index contributed by atoms with van der Waals surface area (Å²) in [6.45, 7) is 2.17. The molecule has 1 aromatic heterocycles. The number of unbranched alkanes of at least 4 members (excludes halogenated alkanes) is 2. The predicted molar refractivity (Wildman–Crippen MR) is 88.7 cm³/mol. The van der Waals surface area contributed by atoms with Crippen molar-refractivity contribution in [2.75, 3.05) is 12.3 Å². The third kappa shape index (κ3) is 4.32. The van der Waals surface area contributed by atoms with E-state index in [4.69, 9.17) is 11.0 Å². The fourth-order valence-electron chi connectivity index (χ4n) is 2.34. The average molecular weight is 329 g/mol. The molecule has 0 saturated carbocycles. The number of nitriles is 1. The highest BCUT2D eigenvalue weighted by atomic mass is 19.1. The third-order valence-corrected chi connectivity index (χ3v) is 3.80. The van der Waals surface area contributed by atoms with Gasteiger partial charge in [-0.2, -0.15) is 10.4 Å². The van der Waals surface area contributed by atoms with Crippen molar-refractivity contribution in [3.8, 4) is 6.07 Å². The first-order valence-corrected chi connectivity index (χ1v) is 7.80. The maximum Gasteiger partial charge on any atom is 0.251 e. The fraction of sp³-hybridized carbons (Fsp3) is 0.353. The van der Waals surface area contributed by atoms with Gasteiger partial charge in [0, 0.05) is 12.1 Å². The molecule has 1 heterocycles. The number of hydrogen-bond donors (Lipinski definition) is 3. The molecule has 2 rings (SSSR count). The number of hydrogen-bond acceptors (Lipinski definition) is 4. The van der Waals surface area contributed by atoms with Gasteiger partial charge in [-0.1, -0.05) is 12.5 Å². The maximum atomic E-state index is 13.4. The lowest BCUT2D eigenvalue weighted by Crippen LogP contribution is -2.24. The van der Waals surface area contributed by atoms with E-state index in [1.807, 2.05) is 6.07 Å². The van der Waals surface area contributed by atoms with E-state index in [9.17, 15) is 9.18 Å². The molecule has 0 unspecified atom stereocenters. The van der Waals surface area contributed by atoms with Gasteiger partial charge in [-0.15, -0.1) is 0 Å². The molecule has 0 spiro atoms. The maximum absolute atomic E-state index is 13.4. The molecular weight excluding hydrogens is 309 g/mol. The number of carbonyl (C=O) groups is 1. The van der Waals surface area contributed by atoms with Crippen LogP contribution in [0.4, 0.5) is 10.2 Å². The van der Waals surface area contributed by atoms with E-state index < -0.39 is 0 Å². The van der Waals surface area contributed by atoms with Crippen molar-refractivity contribution < 1.29 is 9.18 Å². The van der Waals surface area contributed by atoms with Crippen LogP contribution in [0.25, 0.3) is 0 Å². The highest BCUT2D eigenvalue weighted by Crippen LogP contribution is 2.14. The molecule has 4 N–H and O–H groups in total. The molecule has 0 aliphatic heterocycles. The lowest BCUT2D eigenvalue weighted by molar-refractivity contribution is 0.0952. The number of aryl methyl sites for hydroxylation is 2. The van der Waals surface area contributed by atoms with Crippen LogP contribution in [-0.4, -0.2) is 22.6 Å². The van der Waals surface area contributed by atoms with Crippen molar-refractivity contribution in [3.05, 3.63) is 46.4 Å². The second-order valence-electron chi connectivity index (χ2n) is 5.60. The molecule has 0 atom stereocenters. The Labute approximate surface area is 139 Å². The van der Waals surface area contributed by atoms with Crippen LogP contribution in [0.1, 0.15) is 46.4 Å². The summed E-state index contributed by atoms with van der Waals surface area (Å²) in [7, 11) is 0. The van der Waals surface area contributed by atoms with Crippen molar-refractivity contribution in [3.63, 3.8) is 0 Å². The first-order chi connectivity index (χ1) is 11.5. The smallest absolute Gasteiger partial charge is 0.251 e. The van der Waals surface area contributed by atoms with Gasteiger partial charge in [-0.3, -0.25) is 9.89 Å². The predicted octanol–water partition coefficient (Wildman–Crippen LogP) is 2.45. The molecule has 1 amide bonds. The van der Waals surface area contributed by atoms with Crippen LogP contribution in [0.5, 0.6) is 0 Å². The average Bonchev–Trinajstić information content (AvgIpc) is 2.92. The van der Waals surface area contributed by atoms with E-state index in [2.05, 4.69) is 15.5 Å². The van der Waals surface area contributed by atoms with Gasteiger partial charge in [-0.25, -0.2) is 4.39 Å². The van der Waals surface area contributed by atoms with E-state index in [1.165, 1.54) is 6.07 Å². The molecule has 7 heteroatoms. The molecule has 0 radical (unpaired) electrons. The summed E-state index contributed by atoms with van der Waals surface area (Å²) in [5.41, 5.74) is 7.57. The summed E-state index contributed by atoms with van der Waals surface area (Å²) in [4.78, 5) is 11.9. The van der Waals surface area contributed by atoms with Gasteiger partial charge in [0.05, 0.1) is 5.69 Å². The summed E-state index contributed by atoms with van der Waals surface area (Å²) < 4.78 is 13.4. The molecular formula is C17H20FN5O. The number of H-pyrrole nitrogens is 1.